The molecule has 12 heteroatoms. The molecule has 1 aliphatic rings. The minimum atomic E-state index is -0.463. The largest absolute Gasteiger partial charge is 0.506 e. The Balaban J connectivity index is 0.795. The average Bonchev–Trinajstić information content (AvgIpc) is 3.30. The standard InChI is InChI=1S/C52H58N6O6/c1-35-13-14-38(32-41(35)31-36(2)53-27-23-40-17-21-47(59)51-45(40)20-22-48(60)56-51)34-54-49(61)33-37-15-18-42(19-16-37)57(3)50(62)26-30-58-28-24-43(25-29-58)64-52(63)55-46-12-8-7-11-44(46)39-9-5-4-6-10-39/h4-22,32,36,43,53,59H,23-31,33-34H2,1-3H3,(H,54,61)(H,55,63)(H,56,60). The number of hydrogen-bond donors (Lipinski definition) is 5. The number of pyridine rings is 1. The molecule has 1 fully saturated rings. The normalized spacial score (nSPS) is 13.6. The molecule has 0 spiro atoms. The maximum atomic E-state index is 13.2. The number of rotatable bonds is 17. The Morgan fingerprint density at radius 2 is 1.61 bits per heavy atom. The third-order valence-electron chi connectivity index (χ3n) is 12.0. The van der Waals surface area contributed by atoms with E-state index in [1.807, 2.05) is 91.0 Å². The first-order valence-electron chi connectivity index (χ1n) is 22.1. The molecule has 332 valence electrons. The number of nitrogens with zero attached hydrogens (tertiary/aromatic N) is 2. The number of fused-ring (bicyclic) bond motifs is 1. The first-order chi connectivity index (χ1) is 31.0. The molecule has 6 aromatic rings. The number of amides is 3. The second kappa shape index (κ2) is 21.5. The minimum Gasteiger partial charge on any atom is -0.506 e. The molecule has 64 heavy (non-hydrogen) atoms. The van der Waals surface area contributed by atoms with Gasteiger partial charge in [0, 0.05) is 68.4 Å². The van der Waals surface area contributed by atoms with E-state index >= 15 is 0 Å². The minimum absolute atomic E-state index is 0.00495. The van der Waals surface area contributed by atoms with E-state index < -0.39 is 6.09 Å². The summed E-state index contributed by atoms with van der Waals surface area (Å²) in [5, 5.41) is 20.6. The number of aryl methyl sites for hydroxylation is 1. The summed E-state index contributed by atoms with van der Waals surface area (Å²) in [4.78, 5) is 57.4. The predicted molar refractivity (Wildman–Crippen MR) is 254 cm³/mol. The molecule has 0 radical (unpaired) electrons. The van der Waals surface area contributed by atoms with Crippen LogP contribution in [0.2, 0.25) is 0 Å². The number of ether oxygens (including phenoxy) is 1. The topological polar surface area (TPSA) is 156 Å². The van der Waals surface area contributed by atoms with Gasteiger partial charge in [0.25, 0.3) is 0 Å². The summed E-state index contributed by atoms with van der Waals surface area (Å²) in [7, 11) is 1.77. The van der Waals surface area contributed by atoms with Gasteiger partial charge in [-0.1, -0.05) is 84.9 Å². The molecule has 5 aromatic carbocycles. The summed E-state index contributed by atoms with van der Waals surface area (Å²) in [5.74, 6) is -0.0128. The van der Waals surface area contributed by atoms with Crippen molar-refractivity contribution in [2.75, 3.05) is 43.4 Å². The number of aromatic amines is 1. The Labute approximate surface area is 374 Å². The Bertz CT molecular complexity index is 2600. The van der Waals surface area contributed by atoms with Gasteiger partial charge in [0.1, 0.15) is 11.9 Å². The number of nitrogens with one attached hydrogen (secondary N) is 4. The molecule has 1 saturated heterocycles. The molecule has 2 heterocycles. The summed E-state index contributed by atoms with van der Waals surface area (Å²) in [6.45, 7) is 7.50. The van der Waals surface area contributed by atoms with Crippen molar-refractivity contribution in [2.24, 2.45) is 0 Å². The van der Waals surface area contributed by atoms with Crippen molar-refractivity contribution in [3.05, 3.63) is 159 Å². The van der Waals surface area contributed by atoms with Crippen molar-refractivity contribution in [3.8, 4) is 16.9 Å². The van der Waals surface area contributed by atoms with E-state index in [9.17, 15) is 24.3 Å². The van der Waals surface area contributed by atoms with Crippen LogP contribution in [0.4, 0.5) is 16.2 Å². The summed E-state index contributed by atoms with van der Waals surface area (Å²) >= 11 is 0. The van der Waals surface area contributed by atoms with Crippen molar-refractivity contribution >= 4 is 40.2 Å². The number of para-hydroxylation sites is 1. The third-order valence-corrected chi connectivity index (χ3v) is 12.0. The zero-order valence-corrected chi connectivity index (χ0v) is 36.9. The lowest BCUT2D eigenvalue weighted by Gasteiger charge is -2.31. The summed E-state index contributed by atoms with van der Waals surface area (Å²) in [6.07, 6.45) is 2.90. The molecule has 0 bridgehead atoms. The Morgan fingerprint density at radius 1 is 0.875 bits per heavy atom. The smallest absolute Gasteiger partial charge is 0.411 e. The van der Waals surface area contributed by atoms with Gasteiger partial charge in [-0.15, -0.1) is 0 Å². The second-order valence-electron chi connectivity index (χ2n) is 16.7. The first kappa shape index (κ1) is 45.3. The molecule has 1 unspecified atom stereocenters. The van der Waals surface area contributed by atoms with E-state index in [1.54, 1.807) is 24.1 Å². The molecule has 7 rings (SSSR count). The van der Waals surface area contributed by atoms with Gasteiger partial charge in [-0.25, -0.2) is 4.79 Å². The fraction of sp³-hybridized carbons (Fsp3) is 0.308. The molecule has 3 amide bonds. The molecule has 5 N–H and O–H groups in total. The van der Waals surface area contributed by atoms with Crippen LogP contribution >= 0.6 is 0 Å². The van der Waals surface area contributed by atoms with Gasteiger partial charge in [0.05, 0.1) is 17.6 Å². The number of phenols is 1. The molecule has 0 aliphatic carbocycles. The number of hydrogen-bond acceptors (Lipinski definition) is 8. The number of piperidine rings is 1. The van der Waals surface area contributed by atoms with E-state index in [1.165, 1.54) is 17.2 Å². The van der Waals surface area contributed by atoms with Crippen LogP contribution in [0.1, 0.15) is 54.0 Å². The highest BCUT2D eigenvalue weighted by Gasteiger charge is 2.24. The second-order valence-corrected chi connectivity index (χ2v) is 16.7. The van der Waals surface area contributed by atoms with Crippen molar-refractivity contribution in [1.29, 1.82) is 0 Å². The van der Waals surface area contributed by atoms with E-state index in [4.69, 9.17) is 4.74 Å². The molecule has 12 nitrogen and oxygen atoms in total. The van der Waals surface area contributed by atoms with Crippen LogP contribution in [0.25, 0.3) is 22.0 Å². The maximum Gasteiger partial charge on any atom is 0.411 e. The van der Waals surface area contributed by atoms with Crippen LogP contribution in [-0.2, 0) is 40.1 Å². The molecule has 0 saturated carbocycles. The molecule has 1 aliphatic heterocycles. The summed E-state index contributed by atoms with van der Waals surface area (Å²) < 4.78 is 5.79. The van der Waals surface area contributed by atoms with Crippen molar-refractivity contribution < 1.29 is 24.2 Å². The van der Waals surface area contributed by atoms with Gasteiger partial charge in [-0.3, -0.25) is 19.7 Å². The van der Waals surface area contributed by atoms with Gasteiger partial charge in [0.15, 0.2) is 0 Å². The summed E-state index contributed by atoms with van der Waals surface area (Å²) in [5.41, 5.74) is 8.98. The number of H-pyrrole nitrogens is 1. The predicted octanol–water partition coefficient (Wildman–Crippen LogP) is 7.90. The van der Waals surface area contributed by atoms with Gasteiger partial charge in [0.2, 0.25) is 17.4 Å². The highest BCUT2D eigenvalue weighted by molar-refractivity contribution is 5.93. The number of likely N-dealkylation sites (tertiary alicyclic amines) is 1. The third kappa shape index (κ3) is 12.2. The number of anilines is 2. The fourth-order valence-corrected chi connectivity index (χ4v) is 8.28. The quantitative estimate of drug-likeness (QED) is 0.0620. The van der Waals surface area contributed by atoms with Crippen molar-refractivity contribution in [2.45, 2.75) is 71.1 Å². The van der Waals surface area contributed by atoms with Gasteiger partial charge in [-0.05, 0) is 110 Å². The first-order valence-corrected chi connectivity index (χ1v) is 22.1. The van der Waals surface area contributed by atoms with Crippen LogP contribution in [0.5, 0.6) is 5.75 Å². The molecule has 1 aromatic heterocycles. The Morgan fingerprint density at radius 3 is 2.39 bits per heavy atom. The van der Waals surface area contributed by atoms with Gasteiger partial charge < -0.3 is 35.3 Å². The number of aromatic nitrogens is 1. The number of phenolic OH excluding ortho intramolecular Hbond substituents is 1. The molecular weight excluding hydrogens is 805 g/mol. The van der Waals surface area contributed by atoms with Crippen LogP contribution in [0.3, 0.4) is 0 Å². The van der Waals surface area contributed by atoms with Crippen LogP contribution in [0, 0.1) is 6.92 Å². The summed E-state index contributed by atoms with van der Waals surface area (Å²) in [6, 6.07) is 38.4. The lowest BCUT2D eigenvalue weighted by atomic mass is 9.98. The average molecular weight is 863 g/mol. The highest BCUT2D eigenvalue weighted by Crippen LogP contribution is 2.29. The van der Waals surface area contributed by atoms with Gasteiger partial charge in [-0.2, -0.15) is 0 Å². The van der Waals surface area contributed by atoms with E-state index in [-0.39, 0.29) is 41.7 Å². The van der Waals surface area contributed by atoms with E-state index in [2.05, 4.69) is 51.8 Å². The fourth-order valence-electron chi connectivity index (χ4n) is 8.28. The monoisotopic (exact) mass is 862 g/mol. The van der Waals surface area contributed by atoms with E-state index in [0.717, 1.165) is 71.4 Å². The number of carbonyl (C=O) groups excluding carboxylic acids is 3. The number of aromatic hydroxyl groups is 1. The van der Waals surface area contributed by atoms with E-state index in [0.29, 0.717) is 43.6 Å². The number of carbonyl (C=O) groups is 3. The zero-order valence-electron chi connectivity index (χ0n) is 36.9. The van der Waals surface area contributed by atoms with Crippen LogP contribution < -0.4 is 26.4 Å². The maximum absolute atomic E-state index is 13.2. The zero-order chi connectivity index (χ0) is 45.0. The lowest BCUT2D eigenvalue weighted by Crippen LogP contribution is -2.40. The molecular formula is C52H58N6O6. The molecule has 1 atom stereocenters. The van der Waals surface area contributed by atoms with Crippen molar-refractivity contribution in [1.82, 2.24) is 20.5 Å². The number of benzene rings is 5. The van der Waals surface area contributed by atoms with Crippen molar-refractivity contribution in [3.63, 3.8) is 0 Å². The lowest BCUT2D eigenvalue weighted by molar-refractivity contribution is -0.120. The SMILES string of the molecule is Cc1ccc(CNC(=O)Cc2ccc(N(C)C(=O)CCN3CCC(OC(=O)Nc4ccccc4-c4ccccc4)CC3)cc2)cc1CC(C)NCCc1ccc(O)c2[nH]c(=O)ccc12. The van der Waals surface area contributed by atoms with Gasteiger partial charge >= 0.3 is 6.09 Å². The van der Waals surface area contributed by atoms with Crippen LogP contribution in [0.15, 0.2) is 126 Å². The van der Waals surface area contributed by atoms with Crippen LogP contribution in [-0.4, -0.2) is 78.3 Å². The Kier molecular flexibility index (Phi) is 15.2. The highest BCUT2D eigenvalue weighted by atomic mass is 16.6. The Hall–Kier alpha value is -6.76.